The second-order valence-electron chi connectivity index (χ2n) is 6.08. The molecule has 2 saturated carbocycles. The fourth-order valence-electron chi connectivity index (χ4n) is 3.83. The first-order valence-corrected chi connectivity index (χ1v) is 7.21. The Bertz CT molecular complexity index is 651. The van der Waals surface area contributed by atoms with E-state index in [9.17, 15) is 19.5 Å². The maximum Gasteiger partial charge on any atom is 0.308 e. The molecule has 2 aliphatic rings. The topological polar surface area (TPSA) is 99.3 Å². The third kappa shape index (κ3) is 2.34. The van der Waals surface area contributed by atoms with Crippen molar-refractivity contribution in [3.05, 3.63) is 33.7 Å². The number of carbonyl (C=O) groups is 2. The summed E-state index contributed by atoms with van der Waals surface area (Å²) in [5.41, 5.74) is 0.273. The van der Waals surface area contributed by atoms with Gasteiger partial charge in [0.1, 0.15) is 5.56 Å². The van der Waals surface area contributed by atoms with Crippen LogP contribution in [0.25, 0.3) is 0 Å². The van der Waals surface area contributed by atoms with Crippen LogP contribution in [0.4, 0.5) is 0 Å². The lowest BCUT2D eigenvalue weighted by molar-refractivity contribution is -0.144. The molecule has 3 rings (SSSR count). The smallest absolute Gasteiger partial charge is 0.308 e. The zero-order valence-corrected chi connectivity index (χ0v) is 11.8. The lowest BCUT2D eigenvalue weighted by Gasteiger charge is -2.28. The van der Waals surface area contributed by atoms with Crippen molar-refractivity contribution in [2.75, 3.05) is 0 Å². The minimum atomic E-state index is -0.856. The highest BCUT2D eigenvalue weighted by Gasteiger charge is 2.51. The van der Waals surface area contributed by atoms with Crippen molar-refractivity contribution in [2.45, 2.75) is 32.2 Å². The lowest BCUT2D eigenvalue weighted by atomic mass is 9.84. The Morgan fingerprint density at radius 3 is 2.67 bits per heavy atom. The fraction of sp³-hybridized carbons (Fsp3) is 0.533. The first-order chi connectivity index (χ1) is 9.97. The summed E-state index contributed by atoms with van der Waals surface area (Å²) in [5.74, 6) is -1.51. The van der Waals surface area contributed by atoms with Crippen molar-refractivity contribution in [3.8, 4) is 0 Å². The number of aryl methyl sites for hydroxylation is 1. The Morgan fingerprint density at radius 2 is 2.00 bits per heavy atom. The highest BCUT2D eigenvalue weighted by Crippen LogP contribution is 2.48. The summed E-state index contributed by atoms with van der Waals surface area (Å²) in [6, 6.07) is 2.77. The molecule has 2 bridgehead atoms. The van der Waals surface area contributed by atoms with Crippen molar-refractivity contribution in [3.63, 3.8) is 0 Å². The maximum atomic E-state index is 12.3. The third-order valence-electron chi connectivity index (χ3n) is 4.80. The van der Waals surface area contributed by atoms with Crippen molar-refractivity contribution in [1.82, 2.24) is 10.3 Å². The molecule has 112 valence electrons. The molecule has 0 spiro atoms. The van der Waals surface area contributed by atoms with Gasteiger partial charge in [-0.25, -0.2) is 0 Å². The number of aliphatic carboxylic acids is 1. The average molecular weight is 290 g/mol. The first kappa shape index (κ1) is 13.9. The van der Waals surface area contributed by atoms with Gasteiger partial charge in [-0.3, -0.25) is 14.4 Å². The molecule has 0 saturated heterocycles. The number of pyridine rings is 1. The van der Waals surface area contributed by atoms with E-state index in [2.05, 4.69) is 10.3 Å². The van der Waals surface area contributed by atoms with Gasteiger partial charge in [-0.2, -0.15) is 0 Å². The zero-order valence-electron chi connectivity index (χ0n) is 11.8. The molecule has 2 aliphatic carbocycles. The quantitative estimate of drug-likeness (QED) is 0.770. The van der Waals surface area contributed by atoms with E-state index in [1.54, 1.807) is 13.0 Å². The largest absolute Gasteiger partial charge is 0.481 e. The highest BCUT2D eigenvalue weighted by molar-refractivity contribution is 5.94. The monoisotopic (exact) mass is 290 g/mol. The number of carboxylic acids is 1. The van der Waals surface area contributed by atoms with E-state index in [0.717, 1.165) is 19.3 Å². The number of aromatic nitrogens is 1. The van der Waals surface area contributed by atoms with Crippen LogP contribution in [0.3, 0.4) is 0 Å². The van der Waals surface area contributed by atoms with Gasteiger partial charge in [-0.05, 0) is 50.2 Å². The van der Waals surface area contributed by atoms with Crippen LogP contribution < -0.4 is 10.9 Å². The van der Waals surface area contributed by atoms with Crippen molar-refractivity contribution in [1.29, 1.82) is 0 Å². The van der Waals surface area contributed by atoms with Gasteiger partial charge in [-0.15, -0.1) is 0 Å². The van der Waals surface area contributed by atoms with Gasteiger partial charge in [0.2, 0.25) is 0 Å². The van der Waals surface area contributed by atoms with Crippen molar-refractivity contribution in [2.24, 2.45) is 17.8 Å². The lowest BCUT2D eigenvalue weighted by Crippen LogP contribution is -2.47. The molecule has 0 radical (unpaired) electrons. The van der Waals surface area contributed by atoms with Gasteiger partial charge in [0.05, 0.1) is 5.92 Å². The van der Waals surface area contributed by atoms with Crippen LogP contribution in [0.15, 0.2) is 16.9 Å². The Kier molecular flexibility index (Phi) is 3.31. The van der Waals surface area contributed by atoms with Crippen LogP contribution in [-0.4, -0.2) is 28.0 Å². The van der Waals surface area contributed by atoms with E-state index >= 15 is 0 Å². The molecule has 6 heteroatoms. The first-order valence-electron chi connectivity index (χ1n) is 7.21. The van der Waals surface area contributed by atoms with E-state index in [4.69, 9.17) is 0 Å². The number of carboxylic acid groups (broad SMARTS) is 1. The number of hydrogen-bond acceptors (Lipinski definition) is 3. The molecular formula is C15H18N2O4. The molecule has 0 aliphatic heterocycles. The van der Waals surface area contributed by atoms with Gasteiger partial charge >= 0.3 is 5.97 Å². The summed E-state index contributed by atoms with van der Waals surface area (Å²) < 4.78 is 0. The maximum absolute atomic E-state index is 12.3. The van der Waals surface area contributed by atoms with E-state index < -0.39 is 23.4 Å². The van der Waals surface area contributed by atoms with E-state index in [1.807, 2.05) is 0 Å². The molecule has 1 aromatic heterocycles. The standard InChI is InChI=1S/C15H18N2O4/c1-7-2-5-10(13(18)16-7)14(19)17-12-9-4-3-8(6-9)11(12)15(20)21/h2,5,8-9,11-12H,3-4,6H2,1H3,(H,16,18)(H,17,19)(H,20,21). The van der Waals surface area contributed by atoms with Gasteiger partial charge < -0.3 is 15.4 Å². The summed E-state index contributed by atoms with van der Waals surface area (Å²) in [4.78, 5) is 38.0. The summed E-state index contributed by atoms with van der Waals surface area (Å²) >= 11 is 0. The van der Waals surface area contributed by atoms with Crippen LogP contribution >= 0.6 is 0 Å². The number of H-pyrrole nitrogens is 1. The molecule has 1 amide bonds. The molecule has 1 aromatic rings. The van der Waals surface area contributed by atoms with Crippen LogP contribution in [0.5, 0.6) is 0 Å². The number of hydrogen-bond donors (Lipinski definition) is 3. The van der Waals surface area contributed by atoms with Gasteiger partial charge in [0.15, 0.2) is 0 Å². The number of aromatic amines is 1. The van der Waals surface area contributed by atoms with Gasteiger partial charge in [-0.1, -0.05) is 0 Å². The zero-order chi connectivity index (χ0) is 15.1. The molecule has 3 N–H and O–H groups in total. The predicted octanol–water partition coefficient (Wildman–Crippen LogP) is 0.912. The number of nitrogens with one attached hydrogen (secondary N) is 2. The molecule has 21 heavy (non-hydrogen) atoms. The molecule has 6 nitrogen and oxygen atoms in total. The van der Waals surface area contributed by atoms with Crippen molar-refractivity contribution >= 4 is 11.9 Å². The molecule has 2 fully saturated rings. The molecular weight excluding hydrogens is 272 g/mol. The number of amides is 1. The third-order valence-corrected chi connectivity index (χ3v) is 4.80. The minimum Gasteiger partial charge on any atom is -0.481 e. The normalized spacial score (nSPS) is 30.3. The van der Waals surface area contributed by atoms with E-state index in [-0.39, 0.29) is 23.4 Å². The van der Waals surface area contributed by atoms with Crippen LogP contribution in [0.2, 0.25) is 0 Å². The molecule has 4 unspecified atom stereocenters. The predicted molar refractivity (Wildman–Crippen MR) is 75.0 cm³/mol. The minimum absolute atomic E-state index is 0.0347. The van der Waals surface area contributed by atoms with E-state index in [0.29, 0.717) is 5.69 Å². The number of rotatable bonds is 3. The van der Waals surface area contributed by atoms with Crippen molar-refractivity contribution < 1.29 is 14.7 Å². The number of fused-ring (bicyclic) bond motifs is 2. The van der Waals surface area contributed by atoms with E-state index in [1.165, 1.54) is 6.07 Å². The van der Waals surface area contributed by atoms with Gasteiger partial charge in [0.25, 0.3) is 11.5 Å². The Labute approximate surface area is 121 Å². The highest BCUT2D eigenvalue weighted by atomic mass is 16.4. The fourth-order valence-corrected chi connectivity index (χ4v) is 3.83. The molecule has 0 aromatic carbocycles. The summed E-state index contributed by atoms with van der Waals surface area (Å²) in [6.07, 6.45) is 2.72. The summed E-state index contributed by atoms with van der Waals surface area (Å²) in [7, 11) is 0. The summed E-state index contributed by atoms with van der Waals surface area (Å²) in [6.45, 7) is 1.74. The second-order valence-corrected chi connectivity index (χ2v) is 6.08. The Morgan fingerprint density at radius 1 is 1.29 bits per heavy atom. The Hall–Kier alpha value is -2.11. The SMILES string of the molecule is Cc1ccc(C(=O)NC2C3CCC(C3)C2C(=O)O)c(=O)[nH]1. The summed E-state index contributed by atoms with van der Waals surface area (Å²) in [5, 5.41) is 12.1. The van der Waals surface area contributed by atoms with Crippen LogP contribution in [0, 0.1) is 24.7 Å². The number of carbonyl (C=O) groups excluding carboxylic acids is 1. The second kappa shape index (κ2) is 5.02. The average Bonchev–Trinajstić information content (AvgIpc) is 2.98. The van der Waals surface area contributed by atoms with Gasteiger partial charge in [0, 0.05) is 11.7 Å². The van der Waals surface area contributed by atoms with Crippen LogP contribution in [-0.2, 0) is 4.79 Å². The Balaban J connectivity index is 1.81. The van der Waals surface area contributed by atoms with Crippen LogP contribution in [0.1, 0.15) is 35.3 Å². The molecule has 1 heterocycles. The molecule has 4 atom stereocenters.